The van der Waals surface area contributed by atoms with Crippen molar-refractivity contribution in [1.29, 1.82) is 0 Å². The van der Waals surface area contributed by atoms with E-state index in [2.05, 4.69) is 10.2 Å². The second kappa shape index (κ2) is 6.48. The molecule has 1 N–H and O–H groups in total. The maximum absolute atomic E-state index is 12.6. The average molecular weight is 286 g/mol. The van der Waals surface area contributed by atoms with E-state index in [1.54, 1.807) is 12.1 Å². The Morgan fingerprint density at radius 3 is 2.25 bits per heavy atom. The van der Waals surface area contributed by atoms with E-state index in [4.69, 9.17) is 0 Å². The first-order valence-electron chi connectivity index (χ1n) is 7.13. The maximum Gasteiger partial charge on any atom is 0.416 e. The lowest BCUT2D eigenvalue weighted by Crippen LogP contribution is -2.36. The first-order valence-corrected chi connectivity index (χ1v) is 7.13. The predicted molar refractivity (Wildman–Crippen MR) is 74.9 cm³/mol. The molecule has 0 spiro atoms. The number of benzene rings is 1. The van der Waals surface area contributed by atoms with Crippen LogP contribution in [-0.4, -0.2) is 26.2 Å². The van der Waals surface area contributed by atoms with Gasteiger partial charge in [0.1, 0.15) is 0 Å². The van der Waals surface area contributed by atoms with Crippen LogP contribution in [0, 0.1) is 5.92 Å². The number of hydrogen-bond donors (Lipinski definition) is 1. The van der Waals surface area contributed by atoms with Crippen LogP contribution in [0.2, 0.25) is 0 Å². The summed E-state index contributed by atoms with van der Waals surface area (Å²) in [7, 11) is 0. The third-order valence-corrected chi connectivity index (χ3v) is 3.88. The molecule has 0 radical (unpaired) electrons. The van der Waals surface area contributed by atoms with Crippen molar-refractivity contribution in [1.82, 2.24) is 5.32 Å². The lowest BCUT2D eigenvalue weighted by molar-refractivity contribution is -0.137. The molecule has 0 atom stereocenters. The van der Waals surface area contributed by atoms with Gasteiger partial charge in [-0.05, 0) is 63.0 Å². The van der Waals surface area contributed by atoms with Crippen LogP contribution in [0.1, 0.15) is 25.3 Å². The van der Waals surface area contributed by atoms with Gasteiger partial charge in [-0.25, -0.2) is 0 Å². The normalized spacial score (nSPS) is 17.2. The molecule has 20 heavy (non-hydrogen) atoms. The molecule has 1 aromatic rings. The second-order valence-corrected chi connectivity index (χ2v) is 5.28. The van der Waals surface area contributed by atoms with Gasteiger partial charge in [-0.1, -0.05) is 0 Å². The molecule has 5 heteroatoms. The van der Waals surface area contributed by atoms with Gasteiger partial charge in [0, 0.05) is 18.8 Å². The van der Waals surface area contributed by atoms with E-state index in [1.165, 1.54) is 12.1 Å². The molecule has 1 aromatic carbocycles. The van der Waals surface area contributed by atoms with Gasteiger partial charge < -0.3 is 10.2 Å². The summed E-state index contributed by atoms with van der Waals surface area (Å²) in [6.45, 7) is 5.85. The maximum atomic E-state index is 12.6. The van der Waals surface area contributed by atoms with Crippen molar-refractivity contribution in [2.75, 3.05) is 31.1 Å². The molecule has 112 valence electrons. The topological polar surface area (TPSA) is 15.3 Å². The van der Waals surface area contributed by atoms with Crippen LogP contribution in [0.25, 0.3) is 0 Å². The summed E-state index contributed by atoms with van der Waals surface area (Å²) in [5.41, 5.74) is 0.290. The highest BCUT2D eigenvalue weighted by molar-refractivity contribution is 5.48. The van der Waals surface area contributed by atoms with Gasteiger partial charge in [0.05, 0.1) is 5.56 Å². The zero-order valence-corrected chi connectivity index (χ0v) is 11.7. The number of nitrogens with zero attached hydrogens (tertiary/aromatic N) is 1. The number of alkyl halides is 3. The highest BCUT2D eigenvalue weighted by atomic mass is 19.4. The number of rotatable bonds is 4. The van der Waals surface area contributed by atoms with Gasteiger partial charge in [-0.15, -0.1) is 0 Å². The smallest absolute Gasteiger partial charge is 0.372 e. The molecule has 0 bridgehead atoms. The number of anilines is 1. The summed E-state index contributed by atoms with van der Waals surface area (Å²) in [4.78, 5) is 2.16. The van der Waals surface area contributed by atoms with E-state index in [1.807, 2.05) is 6.92 Å². The number of halogens is 3. The molecule has 0 aliphatic carbocycles. The molecule has 1 fully saturated rings. The first-order chi connectivity index (χ1) is 9.50. The van der Waals surface area contributed by atoms with Crippen molar-refractivity contribution in [2.24, 2.45) is 5.92 Å². The van der Waals surface area contributed by atoms with Gasteiger partial charge in [-0.3, -0.25) is 0 Å². The molecule has 0 amide bonds. The van der Waals surface area contributed by atoms with E-state index >= 15 is 0 Å². The third-order valence-electron chi connectivity index (χ3n) is 3.88. The van der Waals surface area contributed by atoms with Crippen molar-refractivity contribution in [3.05, 3.63) is 29.8 Å². The van der Waals surface area contributed by atoms with E-state index in [9.17, 15) is 13.2 Å². The van der Waals surface area contributed by atoms with E-state index < -0.39 is 11.7 Å². The van der Waals surface area contributed by atoms with E-state index in [0.717, 1.165) is 44.7 Å². The highest BCUT2D eigenvalue weighted by Crippen LogP contribution is 2.30. The van der Waals surface area contributed by atoms with Gasteiger partial charge in [0.25, 0.3) is 0 Å². The molecule has 0 saturated carbocycles. The van der Waals surface area contributed by atoms with Gasteiger partial charge in [0.15, 0.2) is 0 Å². The Bertz CT molecular complexity index is 408. The number of piperidine rings is 1. The number of nitrogens with one attached hydrogen (secondary N) is 1. The summed E-state index contributed by atoms with van der Waals surface area (Å²) in [6, 6.07) is 5.49. The zero-order valence-electron chi connectivity index (χ0n) is 11.7. The molecule has 2 nitrogen and oxygen atoms in total. The highest BCUT2D eigenvalue weighted by Gasteiger charge is 2.30. The number of hydrogen-bond acceptors (Lipinski definition) is 2. The van der Waals surface area contributed by atoms with Crippen LogP contribution in [0.4, 0.5) is 18.9 Å². The Hall–Kier alpha value is -1.23. The summed E-state index contributed by atoms with van der Waals surface area (Å²) in [5, 5.41) is 3.33. The van der Waals surface area contributed by atoms with Crippen LogP contribution in [0.15, 0.2) is 24.3 Å². The fraction of sp³-hybridized carbons (Fsp3) is 0.600. The van der Waals surface area contributed by atoms with Crippen LogP contribution >= 0.6 is 0 Å². The Morgan fingerprint density at radius 1 is 1.15 bits per heavy atom. The monoisotopic (exact) mass is 286 g/mol. The molecule has 1 aliphatic heterocycles. The fourth-order valence-electron chi connectivity index (χ4n) is 2.65. The SMILES string of the molecule is CCN(CC1CCNCC1)c1ccc(C(F)(F)F)cc1. The molecule has 0 aromatic heterocycles. The van der Waals surface area contributed by atoms with E-state index in [-0.39, 0.29) is 0 Å². The zero-order chi connectivity index (χ0) is 14.6. The van der Waals surface area contributed by atoms with E-state index in [0.29, 0.717) is 5.92 Å². The molecule has 1 aliphatic rings. The minimum atomic E-state index is -4.26. The second-order valence-electron chi connectivity index (χ2n) is 5.28. The lowest BCUT2D eigenvalue weighted by atomic mass is 9.97. The largest absolute Gasteiger partial charge is 0.416 e. The van der Waals surface area contributed by atoms with Gasteiger partial charge >= 0.3 is 6.18 Å². The molecule has 1 saturated heterocycles. The third kappa shape index (κ3) is 3.88. The molecule has 1 heterocycles. The van der Waals surface area contributed by atoms with Crippen LogP contribution in [-0.2, 0) is 6.18 Å². The van der Waals surface area contributed by atoms with Crippen molar-refractivity contribution in [2.45, 2.75) is 25.9 Å². The summed E-state index contributed by atoms with van der Waals surface area (Å²) in [5.74, 6) is 0.624. The Morgan fingerprint density at radius 2 is 1.75 bits per heavy atom. The summed E-state index contributed by atoms with van der Waals surface area (Å²) >= 11 is 0. The average Bonchev–Trinajstić information content (AvgIpc) is 2.45. The van der Waals surface area contributed by atoms with Crippen LogP contribution < -0.4 is 10.2 Å². The van der Waals surface area contributed by atoms with Crippen molar-refractivity contribution >= 4 is 5.69 Å². The first kappa shape index (κ1) is 15.2. The standard InChI is InChI=1S/C15H21F3N2/c1-2-20(11-12-7-9-19-10-8-12)14-5-3-13(4-6-14)15(16,17)18/h3-6,12,19H,2,7-11H2,1H3. The molecule has 2 rings (SSSR count). The Balaban J connectivity index is 2.03. The molecule has 0 unspecified atom stereocenters. The molecular weight excluding hydrogens is 265 g/mol. The summed E-state index contributed by atoms with van der Waals surface area (Å²) < 4.78 is 37.7. The minimum absolute atomic E-state index is 0.584. The predicted octanol–water partition coefficient (Wildman–Crippen LogP) is 3.53. The van der Waals surface area contributed by atoms with Crippen molar-refractivity contribution < 1.29 is 13.2 Å². The van der Waals surface area contributed by atoms with Gasteiger partial charge in [0.2, 0.25) is 0 Å². The van der Waals surface area contributed by atoms with Crippen molar-refractivity contribution in [3.63, 3.8) is 0 Å². The minimum Gasteiger partial charge on any atom is -0.372 e. The fourth-order valence-corrected chi connectivity index (χ4v) is 2.65. The Labute approximate surface area is 118 Å². The Kier molecular flexibility index (Phi) is 4.91. The van der Waals surface area contributed by atoms with Gasteiger partial charge in [-0.2, -0.15) is 13.2 Å². The quantitative estimate of drug-likeness (QED) is 0.911. The van der Waals surface area contributed by atoms with Crippen LogP contribution in [0.5, 0.6) is 0 Å². The molecular formula is C15H21F3N2. The van der Waals surface area contributed by atoms with Crippen LogP contribution in [0.3, 0.4) is 0 Å². The van der Waals surface area contributed by atoms with Crippen molar-refractivity contribution in [3.8, 4) is 0 Å². The lowest BCUT2D eigenvalue weighted by Gasteiger charge is -2.31. The summed E-state index contributed by atoms with van der Waals surface area (Å²) in [6.07, 6.45) is -1.99.